The van der Waals surface area contributed by atoms with Crippen molar-refractivity contribution in [1.82, 2.24) is 9.78 Å². The van der Waals surface area contributed by atoms with E-state index in [-0.39, 0.29) is 12.2 Å². The minimum Gasteiger partial charge on any atom is -0.493 e. The summed E-state index contributed by atoms with van der Waals surface area (Å²) in [5, 5.41) is 4.66. The molecule has 1 aromatic carbocycles. The molecule has 1 aliphatic heterocycles. The molecule has 2 aromatic rings. The molecule has 0 N–H and O–H groups in total. The van der Waals surface area contributed by atoms with Gasteiger partial charge in [-0.05, 0) is 17.7 Å². The standard InChI is InChI=1S/C14H13ClN2O2/c1-17-8-11(7-16-17)13(18)6-10-5-12(15)4-9-2-3-19-14(9)10/h4-5,7-8H,2-3,6H2,1H3. The van der Waals surface area contributed by atoms with E-state index in [0.717, 1.165) is 23.3 Å². The maximum atomic E-state index is 12.2. The minimum absolute atomic E-state index is 0.0214. The molecule has 0 aliphatic carbocycles. The topological polar surface area (TPSA) is 44.1 Å². The van der Waals surface area contributed by atoms with Gasteiger partial charge in [-0.15, -0.1) is 0 Å². The zero-order valence-electron chi connectivity index (χ0n) is 10.5. The Morgan fingerprint density at radius 2 is 2.37 bits per heavy atom. The lowest BCUT2D eigenvalue weighted by atomic mass is 10.0. The molecule has 1 aromatic heterocycles. The van der Waals surface area contributed by atoms with E-state index >= 15 is 0 Å². The highest BCUT2D eigenvalue weighted by molar-refractivity contribution is 6.30. The molecule has 0 saturated heterocycles. The molecule has 0 atom stereocenters. The third-order valence-electron chi connectivity index (χ3n) is 3.20. The van der Waals surface area contributed by atoms with E-state index < -0.39 is 0 Å². The van der Waals surface area contributed by atoms with Gasteiger partial charge in [-0.25, -0.2) is 0 Å². The van der Waals surface area contributed by atoms with Gasteiger partial charge in [0.05, 0.1) is 18.4 Å². The first-order chi connectivity index (χ1) is 9.13. The Morgan fingerprint density at radius 3 is 3.11 bits per heavy atom. The number of rotatable bonds is 3. The van der Waals surface area contributed by atoms with E-state index in [2.05, 4.69) is 5.10 Å². The monoisotopic (exact) mass is 276 g/mol. The van der Waals surface area contributed by atoms with Gasteiger partial charge in [0.1, 0.15) is 5.75 Å². The van der Waals surface area contributed by atoms with E-state index in [1.54, 1.807) is 30.2 Å². The van der Waals surface area contributed by atoms with Crippen molar-refractivity contribution in [1.29, 1.82) is 0 Å². The van der Waals surface area contributed by atoms with Crippen LogP contribution in [0.1, 0.15) is 21.5 Å². The van der Waals surface area contributed by atoms with E-state index in [1.807, 2.05) is 6.07 Å². The Balaban J connectivity index is 1.90. The van der Waals surface area contributed by atoms with Crippen molar-refractivity contribution in [2.75, 3.05) is 6.61 Å². The Kier molecular flexibility index (Phi) is 3.03. The summed E-state index contributed by atoms with van der Waals surface area (Å²) < 4.78 is 7.21. The summed E-state index contributed by atoms with van der Waals surface area (Å²) in [6.45, 7) is 0.657. The van der Waals surface area contributed by atoms with Gasteiger partial charge in [0, 0.05) is 36.7 Å². The average Bonchev–Trinajstić information content (AvgIpc) is 2.97. The number of halogens is 1. The molecule has 4 nitrogen and oxygen atoms in total. The molecule has 0 fully saturated rings. The molecule has 3 rings (SSSR count). The number of carbonyl (C=O) groups is 1. The molecular formula is C14H13ClN2O2. The Labute approximate surface area is 115 Å². The normalized spacial score (nSPS) is 13.2. The van der Waals surface area contributed by atoms with Crippen molar-refractivity contribution in [3.63, 3.8) is 0 Å². The molecule has 0 bridgehead atoms. The summed E-state index contributed by atoms with van der Waals surface area (Å²) in [6, 6.07) is 3.71. The van der Waals surface area contributed by atoms with E-state index in [0.29, 0.717) is 17.2 Å². The van der Waals surface area contributed by atoms with Gasteiger partial charge < -0.3 is 4.74 Å². The maximum absolute atomic E-state index is 12.2. The van der Waals surface area contributed by atoms with Crippen LogP contribution in [0.15, 0.2) is 24.5 Å². The summed E-state index contributed by atoms with van der Waals surface area (Å²) in [5.41, 5.74) is 2.55. The van der Waals surface area contributed by atoms with Crippen molar-refractivity contribution in [3.05, 3.63) is 46.2 Å². The Bertz CT molecular complexity index is 649. The lowest BCUT2D eigenvalue weighted by Gasteiger charge is -2.07. The lowest BCUT2D eigenvalue weighted by Crippen LogP contribution is -2.04. The van der Waals surface area contributed by atoms with Gasteiger partial charge in [-0.2, -0.15) is 5.10 Å². The lowest BCUT2D eigenvalue weighted by molar-refractivity contribution is 0.0992. The van der Waals surface area contributed by atoms with Crippen molar-refractivity contribution < 1.29 is 9.53 Å². The van der Waals surface area contributed by atoms with E-state index in [1.165, 1.54) is 0 Å². The second-order valence-corrected chi connectivity index (χ2v) is 5.09. The number of nitrogens with zero attached hydrogens (tertiary/aromatic N) is 2. The highest BCUT2D eigenvalue weighted by Crippen LogP contribution is 2.33. The number of fused-ring (bicyclic) bond motifs is 1. The highest BCUT2D eigenvalue weighted by atomic mass is 35.5. The first kappa shape index (κ1) is 12.2. The summed E-state index contributed by atoms with van der Waals surface area (Å²) in [7, 11) is 1.79. The third kappa shape index (κ3) is 2.36. The summed E-state index contributed by atoms with van der Waals surface area (Å²) in [4.78, 5) is 12.2. The quantitative estimate of drug-likeness (QED) is 0.809. The fourth-order valence-electron chi connectivity index (χ4n) is 2.32. The van der Waals surface area contributed by atoms with Crippen molar-refractivity contribution >= 4 is 17.4 Å². The summed E-state index contributed by atoms with van der Waals surface area (Å²) >= 11 is 6.08. The second kappa shape index (κ2) is 4.70. The average molecular weight is 277 g/mol. The van der Waals surface area contributed by atoms with E-state index in [4.69, 9.17) is 16.3 Å². The van der Waals surface area contributed by atoms with Crippen LogP contribution in [0.3, 0.4) is 0 Å². The van der Waals surface area contributed by atoms with Crippen LogP contribution in [0, 0.1) is 0 Å². The number of Topliss-reactive ketones (excluding diaryl/α,β-unsaturated/α-hetero) is 1. The fourth-order valence-corrected chi connectivity index (χ4v) is 2.58. The van der Waals surface area contributed by atoms with Crippen LogP contribution < -0.4 is 4.74 Å². The van der Waals surface area contributed by atoms with Gasteiger partial charge >= 0.3 is 0 Å². The van der Waals surface area contributed by atoms with Crippen LogP contribution in [0.25, 0.3) is 0 Å². The first-order valence-electron chi connectivity index (χ1n) is 6.09. The second-order valence-electron chi connectivity index (χ2n) is 4.65. The molecular weight excluding hydrogens is 264 g/mol. The van der Waals surface area contributed by atoms with Crippen LogP contribution >= 0.6 is 11.6 Å². The minimum atomic E-state index is 0.0214. The van der Waals surface area contributed by atoms with Crippen LogP contribution in [0.2, 0.25) is 5.02 Å². The van der Waals surface area contributed by atoms with Gasteiger partial charge in [-0.3, -0.25) is 9.48 Å². The van der Waals surface area contributed by atoms with Gasteiger partial charge in [0.2, 0.25) is 0 Å². The SMILES string of the molecule is Cn1cc(C(=O)Cc2cc(Cl)cc3c2OCC3)cn1. The molecule has 0 amide bonds. The van der Waals surface area contributed by atoms with Gasteiger partial charge in [0.15, 0.2) is 5.78 Å². The van der Waals surface area contributed by atoms with Crippen molar-refractivity contribution in [2.45, 2.75) is 12.8 Å². The number of hydrogen-bond donors (Lipinski definition) is 0. The number of carbonyl (C=O) groups excluding carboxylic acids is 1. The molecule has 0 unspecified atom stereocenters. The van der Waals surface area contributed by atoms with Gasteiger partial charge in [0.25, 0.3) is 0 Å². The predicted molar refractivity (Wildman–Crippen MR) is 71.9 cm³/mol. The summed E-state index contributed by atoms with van der Waals surface area (Å²) in [6.07, 6.45) is 4.43. The predicted octanol–water partition coefficient (Wildman–Crippen LogP) is 2.43. The van der Waals surface area contributed by atoms with Crippen molar-refractivity contribution in [2.24, 2.45) is 7.05 Å². The molecule has 98 valence electrons. The fraction of sp³-hybridized carbons (Fsp3) is 0.286. The molecule has 19 heavy (non-hydrogen) atoms. The number of aryl methyl sites for hydroxylation is 1. The van der Waals surface area contributed by atoms with Gasteiger partial charge in [-0.1, -0.05) is 11.6 Å². The largest absolute Gasteiger partial charge is 0.493 e. The molecule has 5 heteroatoms. The zero-order chi connectivity index (χ0) is 13.4. The molecule has 1 aliphatic rings. The third-order valence-corrected chi connectivity index (χ3v) is 3.42. The summed E-state index contributed by atoms with van der Waals surface area (Å²) in [5.74, 6) is 0.842. The van der Waals surface area contributed by atoms with Crippen LogP contribution in [-0.4, -0.2) is 22.2 Å². The van der Waals surface area contributed by atoms with E-state index in [9.17, 15) is 4.79 Å². The zero-order valence-corrected chi connectivity index (χ0v) is 11.3. The highest BCUT2D eigenvalue weighted by Gasteiger charge is 2.20. The number of aromatic nitrogens is 2. The molecule has 2 heterocycles. The number of benzene rings is 1. The number of ketones is 1. The van der Waals surface area contributed by atoms with Crippen LogP contribution in [0.5, 0.6) is 5.75 Å². The van der Waals surface area contributed by atoms with Crippen molar-refractivity contribution in [3.8, 4) is 5.75 Å². The molecule has 0 saturated carbocycles. The molecule has 0 radical (unpaired) electrons. The van der Waals surface area contributed by atoms with Crippen LogP contribution in [-0.2, 0) is 19.9 Å². The maximum Gasteiger partial charge on any atom is 0.170 e. The number of hydrogen-bond acceptors (Lipinski definition) is 3. The smallest absolute Gasteiger partial charge is 0.170 e. The Hall–Kier alpha value is -1.81. The number of ether oxygens (including phenoxy) is 1. The Morgan fingerprint density at radius 1 is 1.53 bits per heavy atom. The first-order valence-corrected chi connectivity index (χ1v) is 6.47. The molecule has 0 spiro atoms. The van der Waals surface area contributed by atoms with Crippen LogP contribution in [0.4, 0.5) is 0 Å².